The van der Waals surface area contributed by atoms with Crippen LogP contribution in [0, 0.1) is 5.41 Å². The second-order valence-corrected chi connectivity index (χ2v) is 7.18. The average molecular weight is 261 g/mol. The molecule has 2 aliphatic carbocycles. The van der Waals surface area contributed by atoms with Crippen molar-refractivity contribution < 1.29 is 0 Å². The molecule has 0 aromatic carbocycles. The van der Waals surface area contributed by atoms with Gasteiger partial charge in [0.05, 0.1) is 0 Å². The van der Waals surface area contributed by atoms with Gasteiger partial charge in [-0.3, -0.25) is 0 Å². The molecule has 0 saturated heterocycles. The van der Waals surface area contributed by atoms with Crippen LogP contribution in [0.25, 0.3) is 0 Å². The molecule has 0 spiro atoms. The maximum Gasteiger partial charge on any atom is 0.203 e. The van der Waals surface area contributed by atoms with E-state index in [1.165, 1.54) is 51.4 Å². The zero-order chi connectivity index (χ0) is 13.3. The van der Waals surface area contributed by atoms with Crippen molar-refractivity contribution in [3.05, 3.63) is 12.4 Å². The Morgan fingerprint density at radius 2 is 1.84 bits per heavy atom. The standard InChI is InChI=1S/C16H27N3/c1-16(2)9-7-14(8-10-16)19-12-11-17-15(19)18-13-5-3-4-6-13/h11-14H,3-10H2,1-2H3,(H,17,18). The quantitative estimate of drug-likeness (QED) is 0.875. The molecule has 0 radical (unpaired) electrons. The Balaban J connectivity index is 1.66. The van der Waals surface area contributed by atoms with Crippen molar-refractivity contribution in [2.24, 2.45) is 5.41 Å². The Labute approximate surface area is 116 Å². The van der Waals surface area contributed by atoms with Crippen LogP contribution in [0.2, 0.25) is 0 Å². The lowest BCUT2D eigenvalue weighted by Gasteiger charge is -2.35. The van der Waals surface area contributed by atoms with Crippen LogP contribution < -0.4 is 5.32 Å². The molecule has 0 atom stereocenters. The van der Waals surface area contributed by atoms with Crippen LogP contribution in [0.4, 0.5) is 5.95 Å². The van der Waals surface area contributed by atoms with Crippen molar-refractivity contribution in [2.75, 3.05) is 5.32 Å². The molecule has 0 amide bonds. The highest BCUT2D eigenvalue weighted by molar-refractivity contribution is 5.29. The first-order chi connectivity index (χ1) is 9.14. The van der Waals surface area contributed by atoms with Gasteiger partial charge in [-0.2, -0.15) is 0 Å². The molecular formula is C16H27N3. The van der Waals surface area contributed by atoms with E-state index in [1.54, 1.807) is 0 Å². The SMILES string of the molecule is CC1(C)CCC(n2ccnc2NC2CCCC2)CC1. The predicted molar refractivity (Wildman–Crippen MR) is 79.4 cm³/mol. The average Bonchev–Trinajstić information content (AvgIpc) is 3.02. The molecule has 0 unspecified atom stereocenters. The lowest BCUT2D eigenvalue weighted by molar-refractivity contribution is 0.194. The number of rotatable bonds is 3. The van der Waals surface area contributed by atoms with Crippen LogP contribution in [0.3, 0.4) is 0 Å². The molecule has 0 aliphatic heterocycles. The van der Waals surface area contributed by atoms with Gasteiger partial charge in [0.2, 0.25) is 5.95 Å². The Kier molecular flexibility index (Phi) is 3.55. The summed E-state index contributed by atoms with van der Waals surface area (Å²) in [6, 6.07) is 1.31. The van der Waals surface area contributed by atoms with Crippen molar-refractivity contribution in [3.8, 4) is 0 Å². The fraction of sp³-hybridized carbons (Fsp3) is 0.812. The summed E-state index contributed by atoms with van der Waals surface area (Å²) in [5, 5.41) is 3.66. The van der Waals surface area contributed by atoms with Crippen molar-refractivity contribution in [3.63, 3.8) is 0 Å². The summed E-state index contributed by atoms with van der Waals surface area (Å²) >= 11 is 0. The van der Waals surface area contributed by atoms with E-state index < -0.39 is 0 Å². The molecule has 2 fully saturated rings. The molecule has 3 nitrogen and oxygen atoms in total. The minimum absolute atomic E-state index is 0.538. The zero-order valence-corrected chi connectivity index (χ0v) is 12.4. The monoisotopic (exact) mass is 261 g/mol. The topological polar surface area (TPSA) is 29.9 Å². The van der Waals surface area contributed by atoms with E-state index in [4.69, 9.17) is 0 Å². The number of aromatic nitrogens is 2. The second kappa shape index (κ2) is 5.18. The van der Waals surface area contributed by atoms with Gasteiger partial charge in [-0.15, -0.1) is 0 Å². The Morgan fingerprint density at radius 3 is 2.53 bits per heavy atom. The summed E-state index contributed by atoms with van der Waals surface area (Å²) in [5.41, 5.74) is 0.538. The molecule has 1 heterocycles. The fourth-order valence-electron chi connectivity index (χ4n) is 3.63. The smallest absolute Gasteiger partial charge is 0.203 e. The molecule has 1 aromatic heterocycles. The maximum atomic E-state index is 4.54. The first kappa shape index (κ1) is 13.0. The van der Waals surface area contributed by atoms with E-state index in [9.17, 15) is 0 Å². The third-order valence-corrected chi connectivity index (χ3v) is 5.06. The summed E-state index contributed by atoms with van der Waals surface area (Å²) in [5.74, 6) is 1.11. The first-order valence-electron chi connectivity index (χ1n) is 7.93. The van der Waals surface area contributed by atoms with Gasteiger partial charge < -0.3 is 9.88 Å². The summed E-state index contributed by atoms with van der Waals surface area (Å²) in [4.78, 5) is 4.54. The zero-order valence-electron chi connectivity index (χ0n) is 12.4. The summed E-state index contributed by atoms with van der Waals surface area (Å²) in [6.45, 7) is 4.80. The van der Waals surface area contributed by atoms with Crippen LogP contribution in [-0.4, -0.2) is 15.6 Å². The van der Waals surface area contributed by atoms with Gasteiger partial charge in [0, 0.05) is 24.5 Å². The number of imidazole rings is 1. The normalized spacial score (nSPS) is 24.7. The highest BCUT2D eigenvalue weighted by Gasteiger charge is 2.29. The number of nitrogens with zero attached hydrogens (tertiary/aromatic N) is 2. The first-order valence-corrected chi connectivity index (χ1v) is 7.93. The Bertz CT molecular complexity index is 405. The van der Waals surface area contributed by atoms with Gasteiger partial charge >= 0.3 is 0 Å². The van der Waals surface area contributed by atoms with Crippen molar-refractivity contribution in [1.29, 1.82) is 0 Å². The van der Waals surface area contributed by atoms with Gasteiger partial charge in [-0.25, -0.2) is 4.98 Å². The number of nitrogens with one attached hydrogen (secondary N) is 1. The molecular weight excluding hydrogens is 234 g/mol. The minimum atomic E-state index is 0.538. The van der Waals surface area contributed by atoms with E-state index in [0.29, 0.717) is 17.5 Å². The number of anilines is 1. The predicted octanol–water partition coefficient (Wildman–Crippen LogP) is 4.38. The Morgan fingerprint density at radius 1 is 1.16 bits per heavy atom. The van der Waals surface area contributed by atoms with Crippen LogP contribution >= 0.6 is 0 Å². The number of hydrogen-bond donors (Lipinski definition) is 1. The van der Waals surface area contributed by atoms with E-state index in [0.717, 1.165) is 5.95 Å². The lowest BCUT2D eigenvalue weighted by atomic mass is 9.75. The van der Waals surface area contributed by atoms with E-state index >= 15 is 0 Å². The molecule has 0 bridgehead atoms. The van der Waals surface area contributed by atoms with Gasteiger partial charge in [0.1, 0.15) is 0 Å². The second-order valence-electron chi connectivity index (χ2n) is 7.18. The van der Waals surface area contributed by atoms with Crippen LogP contribution in [0.1, 0.15) is 71.3 Å². The molecule has 106 valence electrons. The highest BCUT2D eigenvalue weighted by Crippen LogP contribution is 2.41. The van der Waals surface area contributed by atoms with E-state index in [2.05, 4.69) is 34.9 Å². The molecule has 3 heteroatoms. The lowest BCUT2D eigenvalue weighted by Crippen LogP contribution is -2.25. The molecule has 1 aromatic rings. The van der Waals surface area contributed by atoms with Gasteiger partial charge in [0.25, 0.3) is 0 Å². The largest absolute Gasteiger partial charge is 0.353 e. The van der Waals surface area contributed by atoms with E-state index in [1.807, 2.05) is 6.20 Å². The minimum Gasteiger partial charge on any atom is -0.353 e. The summed E-state index contributed by atoms with van der Waals surface area (Å²) in [6.07, 6.45) is 14.7. The van der Waals surface area contributed by atoms with E-state index in [-0.39, 0.29) is 0 Å². The number of hydrogen-bond acceptors (Lipinski definition) is 2. The summed E-state index contributed by atoms with van der Waals surface area (Å²) < 4.78 is 2.40. The van der Waals surface area contributed by atoms with Crippen LogP contribution in [-0.2, 0) is 0 Å². The highest BCUT2D eigenvalue weighted by atomic mass is 15.2. The third-order valence-electron chi connectivity index (χ3n) is 5.06. The molecule has 1 N–H and O–H groups in total. The fourth-order valence-corrected chi connectivity index (χ4v) is 3.63. The van der Waals surface area contributed by atoms with Crippen LogP contribution in [0.15, 0.2) is 12.4 Å². The van der Waals surface area contributed by atoms with Gasteiger partial charge in [0.15, 0.2) is 0 Å². The molecule has 2 aliphatic rings. The molecule has 2 saturated carbocycles. The van der Waals surface area contributed by atoms with Crippen molar-refractivity contribution >= 4 is 5.95 Å². The van der Waals surface area contributed by atoms with Gasteiger partial charge in [-0.1, -0.05) is 26.7 Å². The molecule has 19 heavy (non-hydrogen) atoms. The summed E-state index contributed by atoms with van der Waals surface area (Å²) in [7, 11) is 0. The van der Waals surface area contributed by atoms with Crippen molar-refractivity contribution in [1.82, 2.24) is 9.55 Å². The third kappa shape index (κ3) is 2.96. The molecule has 3 rings (SSSR count). The van der Waals surface area contributed by atoms with Crippen LogP contribution in [0.5, 0.6) is 0 Å². The van der Waals surface area contributed by atoms with Gasteiger partial charge in [-0.05, 0) is 43.9 Å². The Hall–Kier alpha value is -0.990. The van der Waals surface area contributed by atoms with Crippen molar-refractivity contribution in [2.45, 2.75) is 77.3 Å². The maximum absolute atomic E-state index is 4.54.